The molecule has 1 rings (SSSR count). The van der Waals surface area contributed by atoms with Gasteiger partial charge in [0.2, 0.25) is 0 Å². The molecule has 14 heavy (non-hydrogen) atoms. The average molecular weight is 225 g/mol. The summed E-state index contributed by atoms with van der Waals surface area (Å²) in [6, 6.07) is 3.06. The molecule has 7 heteroatoms. The van der Waals surface area contributed by atoms with Crippen molar-refractivity contribution in [1.29, 1.82) is 0 Å². The third-order valence-corrected chi connectivity index (χ3v) is 0.496. The Bertz CT molecular complexity index is 171. The Morgan fingerprint density at radius 1 is 1.29 bits per heavy atom. The Labute approximate surface area is 85.4 Å². The summed E-state index contributed by atoms with van der Waals surface area (Å²) in [5, 5.41) is 0. The fourth-order valence-corrected chi connectivity index (χ4v) is 0.278. The molecule has 5 nitrogen and oxygen atoms in total. The second-order valence-electron chi connectivity index (χ2n) is 2.03. The standard InChI is InChI=1S/C4H5N.C2H6OS.CH4N2O.FH/c1-2-4-5-3-1;1-4(2)3;2-1(3)4;/h1-5H;1-2H3;(H4,2,3,4);1H. The first kappa shape index (κ1) is 18.5. The van der Waals surface area contributed by atoms with E-state index in [0.29, 0.717) is 0 Å². The number of carbonyl (C=O) groups is 1. The van der Waals surface area contributed by atoms with Gasteiger partial charge in [0, 0.05) is 12.4 Å². The van der Waals surface area contributed by atoms with Crippen LogP contribution >= 0.6 is 0 Å². The van der Waals surface area contributed by atoms with Crippen LogP contribution in [0.25, 0.3) is 0 Å². The number of nitrogens with one attached hydrogen (secondary N) is 1. The number of rotatable bonds is 0. The Hall–Kier alpha value is -1.21. The van der Waals surface area contributed by atoms with Crippen LogP contribution in [-0.4, -0.2) is 28.1 Å². The van der Waals surface area contributed by atoms with E-state index >= 15 is 0 Å². The molecule has 0 aliphatic carbocycles. The quantitative estimate of drug-likeness (QED) is 0.548. The van der Waals surface area contributed by atoms with E-state index in [1.165, 1.54) is 0 Å². The van der Waals surface area contributed by atoms with Crippen LogP contribution in [0.5, 0.6) is 0 Å². The van der Waals surface area contributed by atoms with E-state index in [9.17, 15) is 4.55 Å². The normalized spacial score (nSPS) is 7.14. The zero-order valence-electron chi connectivity index (χ0n) is 8.10. The number of amides is 2. The van der Waals surface area contributed by atoms with Crippen LogP contribution in [0.15, 0.2) is 24.5 Å². The van der Waals surface area contributed by atoms with Crippen molar-refractivity contribution in [2.75, 3.05) is 12.5 Å². The van der Waals surface area contributed by atoms with Crippen molar-refractivity contribution in [1.82, 2.24) is 4.98 Å². The number of aromatic amines is 1. The van der Waals surface area contributed by atoms with Gasteiger partial charge in [0.25, 0.3) is 0 Å². The molecule has 0 unspecified atom stereocenters. The highest BCUT2D eigenvalue weighted by atomic mass is 32.2. The van der Waals surface area contributed by atoms with Gasteiger partial charge >= 0.3 is 6.03 Å². The molecule has 0 aliphatic heterocycles. The van der Waals surface area contributed by atoms with Gasteiger partial charge in [-0.3, -0.25) is 4.70 Å². The van der Waals surface area contributed by atoms with Gasteiger partial charge in [-0.25, -0.2) is 4.79 Å². The Morgan fingerprint density at radius 2 is 1.50 bits per heavy atom. The maximum atomic E-state index is 9.56. The first-order valence-corrected chi connectivity index (χ1v) is 5.31. The van der Waals surface area contributed by atoms with Crippen molar-refractivity contribution in [3.63, 3.8) is 0 Å². The van der Waals surface area contributed by atoms with E-state index in [1.807, 2.05) is 24.5 Å². The summed E-state index contributed by atoms with van der Waals surface area (Å²) in [6.45, 7) is 0. The van der Waals surface area contributed by atoms with Gasteiger partial charge in [0.05, 0.1) is 12.5 Å². The summed E-state index contributed by atoms with van der Waals surface area (Å²) < 4.78 is 9.56. The molecule has 0 saturated heterocycles. The van der Waals surface area contributed by atoms with Crippen LogP contribution in [0.4, 0.5) is 9.50 Å². The van der Waals surface area contributed by atoms with E-state index in [1.54, 1.807) is 12.5 Å². The first-order chi connectivity index (χ1) is 5.96. The lowest BCUT2D eigenvalue weighted by atomic mass is 10.7. The number of hydrogen-bond donors (Lipinski definition) is 3. The van der Waals surface area contributed by atoms with Crippen molar-refractivity contribution >= 4 is 17.2 Å². The van der Waals surface area contributed by atoms with Gasteiger partial charge in [0.1, 0.15) is 0 Å². The lowest BCUT2D eigenvalue weighted by Crippen LogP contribution is -2.18. The minimum Gasteiger partial charge on any atom is -0.617 e. The molecule has 2 amide bonds. The Kier molecular flexibility index (Phi) is 19.0. The highest BCUT2D eigenvalue weighted by Gasteiger charge is 1.66. The van der Waals surface area contributed by atoms with Gasteiger partial charge in [-0.05, 0) is 12.1 Å². The summed E-state index contributed by atoms with van der Waals surface area (Å²) in [5.41, 5.74) is 8.50. The van der Waals surface area contributed by atoms with Crippen molar-refractivity contribution in [2.24, 2.45) is 11.5 Å². The number of halogens is 1. The molecular formula is C7H16FN3O2S. The molecule has 5 N–H and O–H groups in total. The summed E-state index contributed by atoms with van der Waals surface area (Å²) in [4.78, 5) is 11.9. The maximum Gasteiger partial charge on any atom is 0.309 e. The van der Waals surface area contributed by atoms with Crippen LogP contribution < -0.4 is 11.5 Å². The van der Waals surface area contributed by atoms with E-state index in [4.69, 9.17) is 4.79 Å². The monoisotopic (exact) mass is 225 g/mol. The van der Waals surface area contributed by atoms with Gasteiger partial charge in [-0.1, -0.05) is 11.2 Å². The number of aromatic nitrogens is 1. The third-order valence-electron chi connectivity index (χ3n) is 0.496. The fourth-order valence-electron chi connectivity index (χ4n) is 0.278. The number of primary amides is 2. The van der Waals surface area contributed by atoms with Crippen LogP contribution in [0.2, 0.25) is 0 Å². The fraction of sp³-hybridized carbons (Fsp3) is 0.286. The second kappa shape index (κ2) is 14.3. The number of hydrogen-bond acceptors (Lipinski definition) is 2. The van der Waals surface area contributed by atoms with Gasteiger partial charge in [-0.2, -0.15) is 0 Å². The van der Waals surface area contributed by atoms with Crippen molar-refractivity contribution in [3.05, 3.63) is 24.5 Å². The SMILES string of the molecule is C[S+](C)[O-].F.NC(N)=O.c1cc[nH]c1. The average Bonchev–Trinajstić information content (AvgIpc) is 2.35. The summed E-state index contributed by atoms with van der Waals surface area (Å²) in [7, 11) is 0. The van der Waals surface area contributed by atoms with E-state index < -0.39 is 17.2 Å². The predicted molar refractivity (Wildman–Crippen MR) is 57.1 cm³/mol. The molecule has 1 heterocycles. The van der Waals surface area contributed by atoms with Crippen molar-refractivity contribution in [2.45, 2.75) is 0 Å². The molecule has 0 aromatic carbocycles. The van der Waals surface area contributed by atoms with Gasteiger partial charge in [-0.15, -0.1) is 0 Å². The highest BCUT2D eigenvalue weighted by molar-refractivity contribution is 7.89. The van der Waals surface area contributed by atoms with Crippen LogP contribution in [0, 0.1) is 0 Å². The zero-order chi connectivity index (χ0) is 10.7. The van der Waals surface area contributed by atoms with E-state index in [2.05, 4.69) is 16.5 Å². The van der Waals surface area contributed by atoms with Gasteiger partial charge in [0.15, 0.2) is 0 Å². The zero-order valence-corrected chi connectivity index (χ0v) is 8.91. The molecule has 0 aliphatic rings. The molecule has 1 aromatic rings. The van der Waals surface area contributed by atoms with Gasteiger partial charge < -0.3 is 21.0 Å². The van der Waals surface area contributed by atoms with Crippen molar-refractivity contribution in [3.8, 4) is 0 Å². The molecule has 0 bridgehead atoms. The number of urea groups is 1. The highest BCUT2D eigenvalue weighted by Crippen LogP contribution is 1.72. The molecule has 0 fully saturated rings. The number of nitrogens with two attached hydrogens (primary N) is 2. The van der Waals surface area contributed by atoms with Crippen LogP contribution in [-0.2, 0) is 11.2 Å². The largest absolute Gasteiger partial charge is 0.617 e. The summed E-state index contributed by atoms with van der Waals surface area (Å²) >= 11 is -0.611. The lowest BCUT2D eigenvalue weighted by molar-refractivity contribution is 0.256. The molecule has 84 valence electrons. The molecule has 0 saturated carbocycles. The third kappa shape index (κ3) is 72.0. The summed E-state index contributed by atoms with van der Waals surface area (Å²) in [5.74, 6) is 0. The predicted octanol–water partition coefficient (Wildman–Crippen LogP) is 0.186. The van der Waals surface area contributed by atoms with E-state index in [0.717, 1.165) is 0 Å². The Balaban J connectivity index is -0.000000127. The topological polar surface area (TPSA) is 108 Å². The number of H-pyrrole nitrogens is 1. The molecule has 0 atom stereocenters. The molecule has 0 radical (unpaired) electrons. The lowest BCUT2D eigenvalue weighted by Gasteiger charge is -1.87. The minimum atomic E-state index is -0.833. The van der Waals surface area contributed by atoms with Crippen molar-refractivity contribution < 1.29 is 14.1 Å². The summed E-state index contributed by atoms with van der Waals surface area (Å²) in [6.07, 6.45) is 7.03. The minimum absolute atomic E-state index is 0. The van der Waals surface area contributed by atoms with Crippen LogP contribution in [0.3, 0.4) is 0 Å². The first-order valence-electron chi connectivity index (χ1n) is 3.34. The Morgan fingerprint density at radius 3 is 1.57 bits per heavy atom. The molecule has 1 aromatic heterocycles. The molecular weight excluding hydrogens is 209 g/mol. The van der Waals surface area contributed by atoms with E-state index in [-0.39, 0.29) is 4.70 Å². The smallest absolute Gasteiger partial charge is 0.309 e. The number of carbonyl (C=O) groups excluding carboxylic acids is 1. The second-order valence-corrected chi connectivity index (χ2v) is 3.51. The molecule has 0 spiro atoms. The maximum absolute atomic E-state index is 9.56. The van der Waals surface area contributed by atoms with Crippen LogP contribution in [0.1, 0.15) is 0 Å².